The predicted octanol–water partition coefficient (Wildman–Crippen LogP) is 1.59. The van der Waals surface area contributed by atoms with E-state index in [0.717, 1.165) is 17.7 Å². The highest BCUT2D eigenvalue weighted by molar-refractivity contribution is 7.87. The van der Waals surface area contributed by atoms with Crippen molar-refractivity contribution in [1.82, 2.24) is 0 Å². The first kappa shape index (κ1) is 16.3. The van der Waals surface area contributed by atoms with Gasteiger partial charge in [-0.15, -0.1) is 0 Å². The van der Waals surface area contributed by atoms with E-state index in [2.05, 4.69) is 0 Å². The maximum absolute atomic E-state index is 12.1. The third-order valence-electron chi connectivity index (χ3n) is 2.78. The van der Waals surface area contributed by atoms with Gasteiger partial charge in [-0.3, -0.25) is 4.55 Å². The van der Waals surface area contributed by atoms with Crippen LogP contribution in [0.3, 0.4) is 0 Å². The van der Waals surface area contributed by atoms with Gasteiger partial charge in [-0.05, 0) is 31.2 Å². The molecule has 0 atom stereocenters. The molecule has 0 aliphatic carbocycles. The number of hydrogen-bond donors (Lipinski definition) is 2. The fraction of sp³-hybridized carbons (Fsp3) is 0.0769. The van der Waals surface area contributed by atoms with Crippen LogP contribution in [0.2, 0.25) is 0 Å². The van der Waals surface area contributed by atoms with E-state index in [1.54, 1.807) is 19.1 Å². The first-order chi connectivity index (χ1) is 10.1. The lowest BCUT2D eigenvalue weighted by atomic mass is 10.2. The van der Waals surface area contributed by atoms with Crippen molar-refractivity contribution >= 4 is 25.9 Å². The Balaban J connectivity index is 2.40. The average molecular weight is 343 g/mol. The topological polar surface area (TPSA) is 124 Å². The van der Waals surface area contributed by atoms with Gasteiger partial charge < -0.3 is 9.92 Å². The lowest BCUT2D eigenvalue weighted by molar-refractivity contribution is 0.476. The highest BCUT2D eigenvalue weighted by Gasteiger charge is 2.20. The van der Waals surface area contributed by atoms with Crippen molar-refractivity contribution in [2.24, 2.45) is 0 Å². The van der Waals surface area contributed by atoms with Crippen LogP contribution in [0.15, 0.2) is 52.3 Å². The lowest BCUT2D eigenvalue weighted by Crippen LogP contribution is -2.11. The molecule has 0 radical (unpaired) electrons. The summed E-state index contributed by atoms with van der Waals surface area (Å²) in [5.74, 6) is -0.276. The Bertz CT molecular complexity index is 902. The Morgan fingerprint density at radius 2 is 1.59 bits per heavy atom. The molecule has 7 nitrogen and oxygen atoms in total. The normalized spacial score (nSPS) is 12.1. The Morgan fingerprint density at radius 1 is 1.00 bits per heavy atom. The van der Waals surface area contributed by atoms with E-state index in [4.69, 9.17) is 14.5 Å². The summed E-state index contributed by atoms with van der Waals surface area (Å²) in [6.45, 7) is 1.80. The minimum absolute atomic E-state index is 0.0802. The first-order valence-corrected chi connectivity index (χ1v) is 8.82. The van der Waals surface area contributed by atoms with Crippen molar-refractivity contribution in [2.45, 2.75) is 16.7 Å². The summed E-state index contributed by atoms with van der Waals surface area (Å²) in [5.41, 5.74) is 6.08. The van der Waals surface area contributed by atoms with Crippen molar-refractivity contribution in [1.29, 1.82) is 0 Å². The molecule has 0 saturated carbocycles. The Hall–Kier alpha value is -2.10. The van der Waals surface area contributed by atoms with Crippen molar-refractivity contribution in [3.05, 3.63) is 48.0 Å². The number of nitrogen functional groups attached to an aromatic ring is 1. The number of rotatable bonds is 4. The molecule has 0 fully saturated rings. The smallest absolute Gasteiger partial charge is 0.339 e. The predicted molar refractivity (Wildman–Crippen MR) is 79.7 cm³/mol. The number of aryl methyl sites for hydroxylation is 1. The van der Waals surface area contributed by atoms with Gasteiger partial charge in [-0.1, -0.05) is 17.7 Å². The molecule has 22 heavy (non-hydrogen) atoms. The van der Waals surface area contributed by atoms with Crippen LogP contribution < -0.4 is 9.92 Å². The second kappa shape index (κ2) is 5.59. The highest BCUT2D eigenvalue weighted by Crippen LogP contribution is 2.26. The van der Waals surface area contributed by atoms with Crippen molar-refractivity contribution in [3.63, 3.8) is 0 Å². The van der Waals surface area contributed by atoms with Gasteiger partial charge >= 0.3 is 10.1 Å². The lowest BCUT2D eigenvalue weighted by Gasteiger charge is -2.09. The summed E-state index contributed by atoms with van der Waals surface area (Å²) in [4.78, 5) is -0.701. The number of nitrogens with two attached hydrogens (primary N) is 1. The van der Waals surface area contributed by atoms with Gasteiger partial charge in [0.15, 0.2) is 0 Å². The molecule has 2 aromatic carbocycles. The van der Waals surface area contributed by atoms with E-state index < -0.39 is 25.1 Å². The van der Waals surface area contributed by atoms with Gasteiger partial charge in [-0.2, -0.15) is 16.8 Å². The van der Waals surface area contributed by atoms with Gasteiger partial charge in [-0.25, -0.2) is 0 Å². The van der Waals surface area contributed by atoms with Gasteiger partial charge in [0.2, 0.25) is 0 Å². The minimum Gasteiger partial charge on any atom is -0.398 e. The second-order valence-corrected chi connectivity index (χ2v) is 7.46. The molecule has 0 aliphatic rings. The van der Waals surface area contributed by atoms with E-state index in [1.165, 1.54) is 18.2 Å². The van der Waals surface area contributed by atoms with Crippen LogP contribution in [0.5, 0.6) is 5.75 Å². The number of hydrogen-bond acceptors (Lipinski definition) is 6. The molecule has 0 amide bonds. The molecule has 0 aliphatic heterocycles. The fourth-order valence-electron chi connectivity index (χ4n) is 1.67. The van der Waals surface area contributed by atoms with Gasteiger partial charge in [0, 0.05) is 6.07 Å². The quantitative estimate of drug-likeness (QED) is 0.491. The summed E-state index contributed by atoms with van der Waals surface area (Å²) in [6, 6.07) is 9.10. The molecule has 0 spiro atoms. The first-order valence-electron chi connectivity index (χ1n) is 5.98. The second-order valence-electron chi connectivity index (χ2n) is 4.53. The summed E-state index contributed by atoms with van der Waals surface area (Å²) in [5, 5.41) is 0. The van der Waals surface area contributed by atoms with E-state index >= 15 is 0 Å². The van der Waals surface area contributed by atoms with Gasteiger partial charge in [0.05, 0.1) is 5.69 Å². The summed E-state index contributed by atoms with van der Waals surface area (Å²) in [7, 11) is -8.70. The molecule has 0 aromatic heterocycles. The maximum Gasteiger partial charge on any atom is 0.339 e. The van der Waals surface area contributed by atoms with Gasteiger partial charge in [0.1, 0.15) is 15.5 Å². The van der Waals surface area contributed by atoms with E-state index in [-0.39, 0.29) is 16.3 Å². The number of anilines is 1. The number of benzene rings is 2. The summed E-state index contributed by atoms with van der Waals surface area (Å²) < 4.78 is 60.4. The van der Waals surface area contributed by atoms with Crippen LogP contribution in [0.25, 0.3) is 0 Å². The van der Waals surface area contributed by atoms with Crippen LogP contribution in [-0.4, -0.2) is 21.4 Å². The standard InChI is InChI=1S/C13H13NO6S2/c1-9-2-5-11(6-3-9)22(18,19)20-10-4-7-12(14)13(8-10)21(15,16)17/h2-8H,14H2,1H3,(H,15,16,17). The third kappa shape index (κ3) is 3.56. The zero-order valence-electron chi connectivity index (χ0n) is 11.4. The van der Waals surface area contributed by atoms with E-state index in [0.29, 0.717) is 0 Å². The summed E-state index contributed by atoms with van der Waals surface area (Å²) in [6.07, 6.45) is 0. The molecule has 0 unspecified atom stereocenters. The minimum atomic E-state index is -4.58. The Labute approximate surface area is 128 Å². The highest BCUT2D eigenvalue weighted by atomic mass is 32.2. The third-order valence-corrected chi connectivity index (χ3v) is 4.95. The zero-order chi connectivity index (χ0) is 16.5. The molecule has 0 bridgehead atoms. The molecule has 2 aromatic rings. The molecule has 3 N–H and O–H groups in total. The average Bonchev–Trinajstić information content (AvgIpc) is 2.40. The van der Waals surface area contributed by atoms with Crippen LogP contribution in [0.4, 0.5) is 5.69 Å². The van der Waals surface area contributed by atoms with Crippen LogP contribution in [0.1, 0.15) is 5.56 Å². The van der Waals surface area contributed by atoms with E-state index in [1.807, 2.05) is 0 Å². The monoisotopic (exact) mass is 343 g/mol. The molecule has 118 valence electrons. The van der Waals surface area contributed by atoms with Crippen molar-refractivity contribution < 1.29 is 25.6 Å². The molecule has 0 heterocycles. The molecular weight excluding hydrogens is 330 g/mol. The fourth-order valence-corrected chi connectivity index (χ4v) is 3.22. The van der Waals surface area contributed by atoms with Gasteiger partial charge in [0.25, 0.3) is 10.1 Å². The Kier molecular flexibility index (Phi) is 4.14. The molecular formula is C13H13NO6S2. The zero-order valence-corrected chi connectivity index (χ0v) is 13.1. The van der Waals surface area contributed by atoms with Crippen LogP contribution in [-0.2, 0) is 20.2 Å². The Morgan fingerprint density at radius 3 is 2.14 bits per heavy atom. The molecule has 9 heteroatoms. The van der Waals surface area contributed by atoms with Crippen molar-refractivity contribution in [3.8, 4) is 5.75 Å². The summed E-state index contributed by atoms with van der Waals surface area (Å²) >= 11 is 0. The molecule has 0 saturated heterocycles. The molecule has 2 rings (SSSR count). The van der Waals surface area contributed by atoms with Crippen LogP contribution in [0, 0.1) is 6.92 Å². The SMILES string of the molecule is Cc1ccc(S(=O)(=O)Oc2ccc(N)c(S(=O)(=O)O)c2)cc1. The van der Waals surface area contributed by atoms with Crippen molar-refractivity contribution in [2.75, 3.05) is 5.73 Å². The van der Waals surface area contributed by atoms with Crippen LogP contribution >= 0.6 is 0 Å². The maximum atomic E-state index is 12.1. The largest absolute Gasteiger partial charge is 0.398 e. The van der Waals surface area contributed by atoms with E-state index in [9.17, 15) is 16.8 Å².